The molecule has 1 amide bonds. The van der Waals surface area contributed by atoms with Crippen LogP contribution in [0.2, 0.25) is 0 Å². The van der Waals surface area contributed by atoms with Crippen LogP contribution in [0, 0.1) is 16.0 Å². The summed E-state index contributed by atoms with van der Waals surface area (Å²) in [4.78, 5) is 35.7. The molecule has 8 nitrogen and oxygen atoms in total. The van der Waals surface area contributed by atoms with Crippen LogP contribution in [-0.4, -0.2) is 53.6 Å². The van der Waals surface area contributed by atoms with Crippen molar-refractivity contribution < 1.29 is 24.4 Å². The maximum atomic E-state index is 12.5. The molecule has 1 aromatic carbocycles. The van der Waals surface area contributed by atoms with Crippen LogP contribution in [-0.2, 0) is 9.53 Å². The van der Waals surface area contributed by atoms with Crippen molar-refractivity contribution in [2.75, 3.05) is 26.8 Å². The molecule has 0 aliphatic heterocycles. The number of hydrogen-bond donors (Lipinski definition) is 1. The zero-order chi connectivity index (χ0) is 17.4. The lowest BCUT2D eigenvalue weighted by Crippen LogP contribution is -2.38. The van der Waals surface area contributed by atoms with E-state index in [1.54, 1.807) is 6.92 Å². The number of carbonyl (C=O) groups is 2. The number of methoxy groups -OCH3 is 1. The Labute approximate surface area is 133 Å². The molecule has 0 saturated carbocycles. The van der Waals surface area contributed by atoms with Gasteiger partial charge in [-0.05, 0) is 12.5 Å². The van der Waals surface area contributed by atoms with Crippen molar-refractivity contribution in [3.05, 3.63) is 39.9 Å². The summed E-state index contributed by atoms with van der Waals surface area (Å²) in [6.45, 7) is 1.86. The van der Waals surface area contributed by atoms with Gasteiger partial charge in [-0.25, -0.2) is 0 Å². The summed E-state index contributed by atoms with van der Waals surface area (Å²) in [5, 5.41) is 19.8. The second kappa shape index (κ2) is 8.84. The van der Waals surface area contributed by atoms with E-state index in [4.69, 9.17) is 5.11 Å². The van der Waals surface area contributed by atoms with Crippen molar-refractivity contribution in [3.63, 3.8) is 0 Å². The maximum absolute atomic E-state index is 12.5. The number of nitro groups is 1. The third kappa shape index (κ3) is 5.33. The maximum Gasteiger partial charge on any atom is 0.310 e. The van der Waals surface area contributed by atoms with Crippen LogP contribution in [0.4, 0.5) is 5.69 Å². The number of nitro benzene ring substituents is 1. The summed E-state index contributed by atoms with van der Waals surface area (Å²) in [6, 6.07) is 5.40. The molecule has 1 rings (SSSR count). The van der Waals surface area contributed by atoms with Crippen molar-refractivity contribution in [1.82, 2.24) is 4.90 Å². The third-order valence-corrected chi connectivity index (χ3v) is 3.28. The first-order valence-electron chi connectivity index (χ1n) is 7.13. The molecule has 1 N–H and O–H groups in total. The molecule has 0 bridgehead atoms. The van der Waals surface area contributed by atoms with Gasteiger partial charge in [0, 0.05) is 37.4 Å². The second-order valence-corrected chi connectivity index (χ2v) is 5.06. The highest BCUT2D eigenvalue weighted by atomic mass is 16.6. The summed E-state index contributed by atoms with van der Waals surface area (Å²) in [5.41, 5.74) is -0.0202. The number of aliphatic hydroxyl groups is 1. The van der Waals surface area contributed by atoms with Gasteiger partial charge in [-0.15, -0.1) is 0 Å². The molecule has 0 aliphatic rings. The number of carbonyl (C=O) groups excluding carboxylic acids is 2. The highest BCUT2D eigenvalue weighted by Gasteiger charge is 2.23. The van der Waals surface area contributed by atoms with Crippen LogP contribution >= 0.6 is 0 Å². The van der Waals surface area contributed by atoms with E-state index >= 15 is 0 Å². The number of non-ortho nitro benzene ring substituents is 1. The number of benzene rings is 1. The summed E-state index contributed by atoms with van der Waals surface area (Å²) in [6.07, 6.45) is 0.342. The number of esters is 1. The van der Waals surface area contributed by atoms with E-state index < -0.39 is 22.7 Å². The van der Waals surface area contributed by atoms with E-state index in [2.05, 4.69) is 4.74 Å². The predicted molar refractivity (Wildman–Crippen MR) is 81.9 cm³/mol. The van der Waals surface area contributed by atoms with Gasteiger partial charge in [-0.3, -0.25) is 19.7 Å². The summed E-state index contributed by atoms with van der Waals surface area (Å²) in [7, 11) is 1.26. The van der Waals surface area contributed by atoms with E-state index in [1.807, 2.05) is 0 Å². The first kappa shape index (κ1) is 18.6. The minimum absolute atomic E-state index is 0.105. The number of ether oxygens (including phenoxy) is 1. The molecule has 126 valence electrons. The average molecular weight is 324 g/mol. The summed E-state index contributed by atoms with van der Waals surface area (Å²) >= 11 is 0. The van der Waals surface area contributed by atoms with Gasteiger partial charge in [0.1, 0.15) is 0 Å². The molecule has 0 aromatic heterocycles. The first-order chi connectivity index (χ1) is 10.9. The van der Waals surface area contributed by atoms with Crippen molar-refractivity contribution in [2.24, 2.45) is 5.92 Å². The lowest BCUT2D eigenvalue weighted by molar-refractivity contribution is -0.384. The zero-order valence-electron chi connectivity index (χ0n) is 13.1. The lowest BCUT2D eigenvalue weighted by Gasteiger charge is -2.25. The summed E-state index contributed by atoms with van der Waals surface area (Å²) < 4.78 is 4.64. The first-order valence-corrected chi connectivity index (χ1v) is 7.13. The Balaban J connectivity index is 2.96. The predicted octanol–water partition coefficient (Wildman–Crippen LogP) is 1.23. The van der Waals surface area contributed by atoms with Gasteiger partial charge in [-0.2, -0.15) is 0 Å². The Hall–Kier alpha value is -2.48. The smallest absolute Gasteiger partial charge is 0.310 e. The van der Waals surface area contributed by atoms with Gasteiger partial charge in [0.15, 0.2) is 0 Å². The van der Waals surface area contributed by atoms with Gasteiger partial charge in [-0.1, -0.05) is 13.0 Å². The molecule has 1 aromatic rings. The average Bonchev–Trinajstić information content (AvgIpc) is 2.56. The van der Waals surface area contributed by atoms with Crippen LogP contribution in [0.3, 0.4) is 0 Å². The number of amides is 1. The van der Waals surface area contributed by atoms with Gasteiger partial charge in [0.05, 0.1) is 18.0 Å². The Morgan fingerprint density at radius 3 is 2.70 bits per heavy atom. The number of nitrogens with zero attached hydrogens (tertiary/aromatic N) is 2. The van der Waals surface area contributed by atoms with Crippen LogP contribution in [0.15, 0.2) is 24.3 Å². The van der Waals surface area contributed by atoms with E-state index in [0.29, 0.717) is 6.42 Å². The molecule has 1 atom stereocenters. The fourth-order valence-corrected chi connectivity index (χ4v) is 2.08. The van der Waals surface area contributed by atoms with Crippen molar-refractivity contribution in [3.8, 4) is 0 Å². The molecular weight excluding hydrogens is 304 g/mol. The Morgan fingerprint density at radius 2 is 2.13 bits per heavy atom. The Kier molecular flexibility index (Phi) is 7.14. The Morgan fingerprint density at radius 1 is 1.43 bits per heavy atom. The van der Waals surface area contributed by atoms with Crippen LogP contribution < -0.4 is 0 Å². The molecule has 1 unspecified atom stereocenters. The van der Waals surface area contributed by atoms with Crippen molar-refractivity contribution >= 4 is 17.6 Å². The fourth-order valence-electron chi connectivity index (χ4n) is 2.08. The van der Waals surface area contributed by atoms with Crippen LogP contribution in [0.5, 0.6) is 0 Å². The van der Waals surface area contributed by atoms with Gasteiger partial charge in [0.2, 0.25) is 0 Å². The SMILES string of the molecule is COC(=O)C(C)CN(CCCO)C(=O)c1cccc([N+](=O)[O-])c1. The monoisotopic (exact) mass is 324 g/mol. The molecule has 0 spiro atoms. The third-order valence-electron chi connectivity index (χ3n) is 3.28. The quantitative estimate of drug-likeness (QED) is 0.437. The number of aliphatic hydroxyl groups excluding tert-OH is 1. The van der Waals surface area contributed by atoms with Gasteiger partial charge < -0.3 is 14.7 Å². The minimum atomic E-state index is -0.577. The molecule has 23 heavy (non-hydrogen) atoms. The topological polar surface area (TPSA) is 110 Å². The summed E-state index contributed by atoms with van der Waals surface area (Å²) in [5.74, 6) is -1.43. The Bertz CT molecular complexity index is 575. The van der Waals surface area contributed by atoms with Crippen molar-refractivity contribution in [2.45, 2.75) is 13.3 Å². The van der Waals surface area contributed by atoms with Gasteiger partial charge in [0.25, 0.3) is 11.6 Å². The standard InChI is InChI=1S/C15H20N2O6/c1-11(15(20)23-2)10-16(7-4-8-18)14(19)12-5-3-6-13(9-12)17(21)22/h3,5-6,9,11,18H,4,7-8,10H2,1-2H3. The van der Waals surface area contributed by atoms with Gasteiger partial charge >= 0.3 is 5.97 Å². The molecule has 0 saturated heterocycles. The molecule has 0 aliphatic carbocycles. The second-order valence-electron chi connectivity index (χ2n) is 5.06. The molecule has 0 fully saturated rings. The number of rotatable bonds is 8. The molecule has 0 radical (unpaired) electrons. The van der Waals surface area contributed by atoms with E-state index in [-0.39, 0.29) is 30.9 Å². The van der Waals surface area contributed by atoms with E-state index in [9.17, 15) is 19.7 Å². The largest absolute Gasteiger partial charge is 0.469 e. The minimum Gasteiger partial charge on any atom is -0.469 e. The zero-order valence-corrected chi connectivity index (χ0v) is 13.1. The fraction of sp³-hybridized carbons (Fsp3) is 0.467. The molecule has 0 heterocycles. The highest BCUT2D eigenvalue weighted by molar-refractivity contribution is 5.95. The molecular formula is C15H20N2O6. The van der Waals surface area contributed by atoms with Crippen LogP contribution in [0.1, 0.15) is 23.7 Å². The normalized spacial score (nSPS) is 11.6. The number of hydrogen-bond acceptors (Lipinski definition) is 6. The van der Waals surface area contributed by atoms with Crippen LogP contribution in [0.25, 0.3) is 0 Å². The molecule has 8 heteroatoms. The lowest BCUT2D eigenvalue weighted by atomic mass is 10.1. The highest BCUT2D eigenvalue weighted by Crippen LogP contribution is 2.16. The van der Waals surface area contributed by atoms with E-state index in [1.165, 1.54) is 36.3 Å². The van der Waals surface area contributed by atoms with E-state index in [0.717, 1.165) is 0 Å². The van der Waals surface area contributed by atoms with Crippen molar-refractivity contribution in [1.29, 1.82) is 0 Å².